The standard InChI is InChI=1S/C39H28N4/c1-39(2)31-16-8-6-14-29(31)37-36(39)35(30-15-7-9-17-32(30)41-37)26-20-18-25(19-21-26)33-23-34(28-13-10-22-40-24-28)43-38(42-33)27-11-4-3-5-12-27/h3-24H,1-2H3. The lowest BCUT2D eigenvalue weighted by Gasteiger charge is -2.25. The van der Waals surface area contributed by atoms with E-state index in [-0.39, 0.29) is 5.41 Å². The highest BCUT2D eigenvalue weighted by Crippen LogP contribution is 2.53. The maximum absolute atomic E-state index is 5.20. The van der Waals surface area contributed by atoms with Gasteiger partial charge in [0, 0.05) is 45.4 Å². The Hall–Kier alpha value is -5.48. The molecule has 7 aromatic rings. The van der Waals surface area contributed by atoms with Crippen LogP contribution in [0.4, 0.5) is 0 Å². The van der Waals surface area contributed by atoms with Crippen LogP contribution in [0.2, 0.25) is 0 Å². The van der Waals surface area contributed by atoms with E-state index in [2.05, 4.69) is 97.7 Å². The lowest BCUT2D eigenvalue weighted by Crippen LogP contribution is -2.16. The Morgan fingerprint density at radius 1 is 0.558 bits per heavy atom. The highest BCUT2D eigenvalue weighted by molar-refractivity contribution is 6.02. The van der Waals surface area contributed by atoms with Crippen molar-refractivity contribution in [2.24, 2.45) is 0 Å². The van der Waals surface area contributed by atoms with E-state index in [0.29, 0.717) is 5.82 Å². The van der Waals surface area contributed by atoms with Crippen LogP contribution in [0.3, 0.4) is 0 Å². The third-order valence-corrected chi connectivity index (χ3v) is 8.56. The van der Waals surface area contributed by atoms with E-state index < -0.39 is 0 Å². The number of rotatable bonds is 4. The molecule has 8 rings (SSSR count). The number of pyridine rings is 2. The van der Waals surface area contributed by atoms with Gasteiger partial charge >= 0.3 is 0 Å². The molecular weight excluding hydrogens is 524 g/mol. The van der Waals surface area contributed by atoms with Gasteiger partial charge in [0.2, 0.25) is 0 Å². The van der Waals surface area contributed by atoms with Crippen molar-refractivity contribution in [1.29, 1.82) is 0 Å². The van der Waals surface area contributed by atoms with Gasteiger partial charge in [0.15, 0.2) is 5.82 Å². The number of aromatic nitrogens is 4. The molecule has 43 heavy (non-hydrogen) atoms. The van der Waals surface area contributed by atoms with Crippen molar-refractivity contribution >= 4 is 10.9 Å². The Morgan fingerprint density at radius 2 is 1.23 bits per heavy atom. The van der Waals surface area contributed by atoms with E-state index in [1.807, 2.05) is 48.7 Å². The number of benzene rings is 4. The van der Waals surface area contributed by atoms with Gasteiger partial charge in [-0.3, -0.25) is 4.98 Å². The zero-order valence-electron chi connectivity index (χ0n) is 24.0. The van der Waals surface area contributed by atoms with Crippen LogP contribution in [0.25, 0.3) is 67.2 Å². The summed E-state index contributed by atoms with van der Waals surface area (Å²) in [5, 5.41) is 1.17. The van der Waals surface area contributed by atoms with Crippen LogP contribution in [0, 0.1) is 0 Å². The van der Waals surface area contributed by atoms with Gasteiger partial charge in [-0.05, 0) is 46.5 Å². The summed E-state index contributed by atoms with van der Waals surface area (Å²) in [5.74, 6) is 0.693. The van der Waals surface area contributed by atoms with Crippen molar-refractivity contribution in [2.75, 3.05) is 0 Å². The maximum Gasteiger partial charge on any atom is 0.160 e. The molecule has 0 saturated heterocycles. The fraction of sp³-hybridized carbons (Fsp3) is 0.0769. The number of hydrogen-bond acceptors (Lipinski definition) is 4. The molecule has 1 aliphatic carbocycles. The SMILES string of the molecule is CC1(C)c2ccccc2-c2nc3ccccc3c(-c3ccc(-c4cc(-c5cccnc5)nc(-c5ccccc5)n4)cc3)c21. The summed E-state index contributed by atoms with van der Waals surface area (Å²) in [6, 6.07) is 42.1. The van der Waals surface area contributed by atoms with Gasteiger partial charge in [0.25, 0.3) is 0 Å². The van der Waals surface area contributed by atoms with E-state index in [1.165, 1.54) is 33.2 Å². The van der Waals surface area contributed by atoms with Crippen molar-refractivity contribution in [3.05, 3.63) is 145 Å². The Balaban J connectivity index is 1.30. The van der Waals surface area contributed by atoms with Gasteiger partial charge in [-0.15, -0.1) is 0 Å². The van der Waals surface area contributed by atoms with E-state index in [9.17, 15) is 0 Å². The zero-order valence-corrected chi connectivity index (χ0v) is 24.0. The molecule has 0 atom stereocenters. The first kappa shape index (κ1) is 25.2. The molecule has 0 unspecified atom stereocenters. The Morgan fingerprint density at radius 3 is 2.02 bits per heavy atom. The summed E-state index contributed by atoms with van der Waals surface area (Å²) >= 11 is 0. The molecule has 0 amide bonds. The summed E-state index contributed by atoms with van der Waals surface area (Å²) in [4.78, 5) is 19.5. The van der Waals surface area contributed by atoms with Crippen LogP contribution in [0.5, 0.6) is 0 Å². The molecule has 0 N–H and O–H groups in total. The predicted octanol–water partition coefficient (Wildman–Crippen LogP) is 9.39. The topological polar surface area (TPSA) is 51.6 Å². The van der Waals surface area contributed by atoms with Crippen LogP contribution in [-0.4, -0.2) is 19.9 Å². The Bertz CT molecular complexity index is 2080. The van der Waals surface area contributed by atoms with Crippen LogP contribution in [0.15, 0.2) is 134 Å². The Labute approximate surface area is 250 Å². The molecule has 1 aliphatic rings. The molecule has 4 nitrogen and oxygen atoms in total. The zero-order chi connectivity index (χ0) is 29.0. The smallest absolute Gasteiger partial charge is 0.160 e. The van der Waals surface area contributed by atoms with E-state index in [4.69, 9.17) is 15.0 Å². The fourth-order valence-electron chi connectivity index (χ4n) is 6.47. The average Bonchev–Trinajstić information content (AvgIpc) is 3.30. The normalized spacial score (nSPS) is 13.1. The highest BCUT2D eigenvalue weighted by atomic mass is 14.9. The number of para-hydroxylation sites is 1. The van der Waals surface area contributed by atoms with Gasteiger partial charge in [-0.25, -0.2) is 15.0 Å². The molecule has 0 aliphatic heterocycles. The van der Waals surface area contributed by atoms with Crippen LogP contribution < -0.4 is 0 Å². The first-order chi connectivity index (χ1) is 21.1. The molecule has 4 aromatic carbocycles. The van der Waals surface area contributed by atoms with Gasteiger partial charge in [0.1, 0.15) is 0 Å². The van der Waals surface area contributed by atoms with Crippen molar-refractivity contribution < 1.29 is 0 Å². The largest absolute Gasteiger partial charge is 0.264 e. The number of hydrogen-bond donors (Lipinski definition) is 0. The average molecular weight is 553 g/mol. The van der Waals surface area contributed by atoms with Gasteiger partial charge in [-0.1, -0.05) is 111 Å². The monoisotopic (exact) mass is 552 g/mol. The van der Waals surface area contributed by atoms with Crippen molar-refractivity contribution in [3.8, 4) is 56.3 Å². The van der Waals surface area contributed by atoms with E-state index >= 15 is 0 Å². The van der Waals surface area contributed by atoms with Gasteiger partial charge in [-0.2, -0.15) is 0 Å². The first-order valence-corrected chi connectivity index (χ1v) is 14.6. The minimum atomic E-state index is -0.174. The lowest BCUT2D eigenvalue weighted by molar-refractivity contribution is 0.662. The Kier molecular flexibility index (Phi) is 5.76. The highest BCUT2D eigenvalue weighted by Gasteiger charge is 2.39. The second-order valence-electron chi connectivity index (χ2n) is 11.5. The molecule has 0 saturated carbocycles. The molecule has 0 spiro atoms. The van der Waals surface area contributed by atoms with Crippen LogP contribution >= 0.6 is 0 Å². The van der Waals surface area contributed by atoms with Gasteiger partial charge < -0.3 is 0 Å². The van der Waals surface area contributed by atoms with Gasteiger partial charge in [0.05, 0.1) is 22.6 Å². The fourth-order valence-corrected chi connectivity index (χ4v) is 6.47. The minimum absolute atomic E-state index is 0.174. The number of nitrogens with zero attached hydrogens (tertiary/aromatic N) is 4. The first-order valence-electron chi connectivity index (χ1n) is 14.6. The molecule has 3 aromatic heterocycles. The third-order valence-electron chi connectivity index (χ3n) is 8.56. The molecule has 0 radical (unpaired) electrons. The van der Waals surface area contributed by atoms with Crippen LogP contribution in [-0.2, 0) is 5.41 Å². The van der Waals surface area contributed by atoms with Crippen LogP contribution in [0.1, 0.15) is 25.0 Å². The van der Waals surface area contributed by atoms with E-state index in [0.717, 1.165) is 39.3 Å². The molecular formula is C39H28N4. The van der Waals surface area contributed by atoms with Crippen molar-refractivity contribution in [1.82, 2.24) is 19.9 Å². The third kappa shape index (κ3) is 4.14. The summed E-state index contributed by atoms with van der Waals surface area (Å²) < 4.78 is 0. The summed E-state index contributed by atoms with van der Waals surface area (Å²) in [7, 11) is 0. The molecule has 0 bridgehead atoms. The molecule has 4 heteroatoms. The second kappa shape index (κ2) is 9.81. The minimum Gasteiger partial charge on any atom is -0.264 e. The summed E-state index contributed by atoms with van der Waals surface area (Å²) in [6.45, 7) is 4.63. The lowest BCUT2D eigenvalue weighted by atomic mass is 9.78. The van der Waals surface area contributed by atoms with E-state index in [1.54, 1.807) is 6.20 Å². The van der Waals surface area contributed by atoms with Crippen molar-refractivity contribution in [2.45, 2.75) is 19.3 Å². The molecule has 0 fully saturated rings. The van der Waals surface area contributed by atoms with Crippen molar-refractivity contribution in [3.63, 3.8) is 0 Å². The number of fused-ring (bicyclic) bond motifs is 4. The maximum atomic E-state index is 5.20. The quantitative estimate of drug-likeness (QED) is 0.218. The summed E-state index contributed by atoms with van der Waals surface area (Å²) in [6.07, 6.45) is 3.63. The summed E-state index contributed by atoms with van der Waals surface area (Å²) in [5.41, 5.74) is 12.9. The predicted molar refractivity (Wildman–Crippen MR) is 174 cm³/mol. The molecule has 204 valence electrons. The second-order valence-corrected chi connectivity index (χ2v) is 11.5. The molecule has 3 heterocycles.